The van der Waals surface area contributed by atoms with Crippen LogP contribution in [0.1, 0.15) is 23.5 Å². The summed E-state index contributed by atoms with van der Waals surface area (Å²) in [6.45, 7) is 2.90. The predicted octanol–water partition coefficient (Wildman–Crippen LogP) is 2.58. The Morgan fingerprint density at radius 2 is 2.31 bits per heavy atom. The van der Waals surface area contributed by atoms with Crippen molar-refractivity contribution in [1.29, 1.82) is 0 Å². The molecular weight excluding hydrogens is 218 g/mol. The standard InChI is InChI=1S/C12H15N3S/c1-9(11-4-2-3-6-14-11)15-8-12-10(13)5-7-16-12/h2-7,9,15H,8,13H2,1H3/t9-/m1/s1. The second-order valence-corrected chi connectivity index (χ2v) is 4.66. The average Bonchev–Trinajstić information content (AvgIpc) is 2.73. The molecule has 0 fully saturated rings. The summed E-state index contributed by atoms with van der Waals surface area (Å²) in [5, 5.41) is 5.42. The van der Waals surface area contributed by atoms with Gasteiger partial charge in [-0.1, -0.05) is 6.07 Å². The normalized spacial score (nSPS) is 12.6. The molecule has 2 heterocycles. The SMILES string of the molecule is C[C@@H](NCc1sccc1N)c1ccccn1. The van der Waals surface area contributed by atoms with E-state index in [1.165, 1.54) is 4.88 Å². The Bertz CT molecular complexity index is 439. The highest BCUT2D eigenvalue weighted by Crippen LogP contribution is 2.19. The third kappa shape index (κ3) is 2.59. The van der Waals surface area contributed by atoms with E-state index in [4.69, 9.17) is 5.73 Å². The Balaban J connectivity index is 1.94. The van der Waals surface area contributed by atoms with Crippen LogP contribution in [-0.2, 0) is 6.54 Å². The van der Waals surface area contributed by atoms with Crippen LogP contribution in [0.5, 0.6) is 0 Å². The maximum atomic E-state index is 5.82. The van der Waals surface area contributed by atoms with E-state index in [9.17, 15) is 0 Å². The fourth-order valence-electron chi connectivity index (χ4n) is 1.48. The lowest BCUT2D eigenvalue weighted by atomic mass is 10.2. The van der Waals surface area contributed by atoms with Gasteiger partial charge >= 0.3 is 0 Å². The topological polar surface area (TPSA) is 50.9 Å². The van der Waals surface area contributed by atoms with Crippen molar-refractivity contribution in [3.63, 3.8) is 0 Å². The fourth-order valence-corrected chi connectivity index (χ4v) is 2.23. The zero-order chi connectivity index (χ0) is 11.4. The van der Waals surface area contributed by atoms with Gasteiger partial charge in [-0.25, -0.2) is 0 Å². The van der Waals surface area contributed by atoms with Crippen LogP contribution < -0.4 is 11.1 Å². The van der Waals surface area contributed by atoms with Gasteiger partial charge in [0.15, 0.2) is 0 Å². The van der Waals surface area contributed by atoms with Crippen molar-refractivity contribution >= 4 is 17.0 Å². The molecular formula is C12H15N3S. The molecule has 0 saturated heterocycles. The summed E-state index contributed by atoms with van der Waals surface area (Å²) in [6, 6.07) is 8.12. The molecule has 4 heteroatoms. The first-order valence-electron chi connectivity index (χ1n) is 5.23. The van der Waals surface area contributed by atoms with Gasteiger partial charge in [0.1, 0.15) is 0 Å². The van der Waals surface area contributed by atoms with E-state index >= 15 is 0 Å². The minimum atomic E-state index is 0.239. The summed E-state index contributed by atoms with van der Waals surface area (Å²) in [5.41, 5.74) is 7.74. The molecule has 0 unspecified atom stereocenters. The summed E-state index contributed by atoms with van der Waals surface area (Å²) >= 11 is 1.68. The molecule has 0 saturated carbocycles. The second-order valence-electron chi connectivity index (χ2n) is 3.66. The van der Waals surface area contributed by atoms with Gasteiger partial charge in [0, 0.05) is 29.3 Å². The maximum Gasteiger partial charge on any atom is 0.0570 e. The summed E-state index contributed by atoms with van der Waals surface area (Å²) in [5.74, 6) is 0. The van der Waals surface area contributed by atoms with Gasteiger partial charge in [-0.2, -0.15) is 0 Å². The summed E-state index contributed by atoms with van der Waals surface area (Å²) in [6.07, 6.45) is 1.81. The molecule has 0 bridgehead atoms. The molecule has 0 aliphatic carbocycles. The fraction of sp³-hybridized carbons (Fsp3) is 0.250. The molecule has 2 aromatic rings. The quantitative estimate of drug-likeness (QED) is 0.853. The lowest BCUT2D eigenvalue weighted by Gasteiger charge is -2.12. The van der Waals surface area contributed by atoms with Crippen LogP contribution in [0.15, 0.2) is 35.8 Å². The molecule has 0 radical (unpaired) electrons. The van der Waals surface area contributed by atoms with Gasteiger partial charge in [0.2, 0.25) is 0 Å². The number of anilines is 1. The molecule has 2 aromatic heterocycles. The number of nitrogens with one attached hydrogen (secondary N) is 1. The first kappa shape index (κ1) is 11.1. The van der Waals surface area contributed by atoms with Crippen LogP contribution in [0.2, 0.25) is 0 Å². The Hall–Kier alpha value is -1.39. The predicted molar refractivity (Wildman–Crippen MR) is 68.2 cm³/mol. The van der Waals surface area contributed by atoms with E-state index < -0.39 is 0 Å². The first-order chi connectivity index (χ1) is 7.77. The zero-order valence-electron chi connectivity index (χ0n) is 9.18. The molecule has 2 rings (SSSR count). The Kier molecular flexibility index (Phi) is 3.54. The van der Waals surface area contributed by atoms with Gasteiger partial charge in [0.05, 0.1) is 5.69 Å². The third-order valence-electron chi connectivity index (χ3n) is 2.48. The highest BCUT2D eigenvalue weighted by Gasteiger charge is 2.07. The molecule has 0 spiro atoms. The van der Waals surface area contributed by atoms with Crippen LogP contribution in [0.3, 0.4) is 0 Å². The first-order valence-corrected chi connectivity index (χ1v) is 6.11. The minimum Gasteiger partial charge on any atom is -0.398 e. The molecule has 16 heavy (non-hydrogen) atoms. The number of thiophene rings is 1. The molecule has 1 atom stereocenters. The van der Waals surface area contributed by atoms with Crippen LogP contribution in [-0.4, -0.2) is 4.98 Å². The van der Waals surface area contributed by atoms with Gasteiger partial charge < -0.3 is 11.1 Å². The number of aromatic nitrogens is 1. The Morgan fingerprint density at radius 3 is 2.94 bits per heavy atom. The van der Waals surface area contributed by atoms with Crippen LogP contribution in [0.25, 0.3) is 0 Å². The smallest absolute Gasteiger partial charge is 0.0570 e. The molecule has 0 aromatic carbocycles. The zero-order valence-corrected chi connectivity index (χ0v) is 10.00. The third-order valence-corrected chi connectivity index (χ3v) is 3.42. The van der Waals surface area contributed by atoms with Gasteiger partial charge in [-0.15, -0.1) is 11.3 Å². The van der Waals surface area contributed by atoms with Crippen molar-refractivity contribution in [2.45, 2.75) is 19.5 Å². The molecule has 0 amide bonds. The molecule has 0 aliphatic rings. The van der Waals surface area contributed by atoms with Crippen LogP contribution in [0.4, 0.5) is 5.69 Å². The van der Waals surface area contributed by atoms with E-state index in [1.807, 2.05) is 35.8 Å². The molecule has 0 aliphatic heterocycles. The monoisotopic (exact) mass is 233 g/mol. The minimum absolute atomic E-state index is 0.239. The van der Waals surface area contributed by atoms with Gasteiger partial charge in [0.25, 0.3) is 0 Å². The lowest BCUT2D eigenvalue weighted by Crippen LogP contribution is -2.18. The van der Waals surface area contributed by atoms with E-state index in [2.05, 4.69) is 17.2 Å². The second kappa shape index (κ2) is 5.09. The number of hydrogen-bond donors (Lipinski definition) is 2. The van der Waals surface area contributed by atoms with E-state index in [0.29, 0.717) is 0 Å². The Morgan fingerprint density at radius 1 is 1.44 bits per heavy atom. The summed E-state index contributed by atoms with van der Waals surface area (Å²) in [4.78, 5) is 5.49. The van der Waals surface area contributed by atoms with Gasteiger partial charge in [-0.3, -0.25) is 4.98 Å². The van der Waals surface area contributed by atoms with Crippen molar-refractivity contribution < 1.29 is 0 Å². The van der Waals surface area contributed by atoms with Crippen molar-refractivity contribution in [3.05, 3.63) is 46.4 Å². The van der Waals surface area contributed by atoms with Crippen LogP contribution >= 0.6 is 11.3 Å². The van der Waals surface area contributed by atoms with Crippen molar-refractivity contribution in [1.82, 2.24) is 10.3 Å². The summed E-state index contributed by atoms with van der Waals surface area (Å²) in [7, 11) is 0. The number of nitrogen functional groups attached to an aromatic ring is 1. The van der Waals surface area contributed by atoms with Gasteiger partial charge in [-0.05, 0) is 30.5 Å². The lowest BCUT2D eigenvalue weighted by molar-refractivity contribution is 0.566. The molecule has 3 N–H and O–H groups in total. The number of nitrogens with two attached hydrogens (primary N) is 1. The number of hydrogen-bond acceptors (Lipinski definition) is 4. The van der Waals surface area contributed by atoms with Crippen molar-refractivity contribution in [2.75, 3.05) is 5.73 Å². The maximum absolute atomic E-state index is 5.82. The molecule has 3 nitrogen and oxygen atoms in total. The number of nitrogens with zero attached hydrogens (tertiary/aromatic N) is 1. The number of rotatable bonds is 4. The highest BCUT2D eigenvalue weighted by molar-refractivity contribution is 7.10. The van der Waals surface area contributed by atoms with Crippen LogP contribution in [0, 0.1) is 0 Å². The van der Waals surface area contributed by atoms with E-state index in [1.54, 1.807) is 11.3 Å². The molecule has 84 valence electrons. The summed E-state index contributed by atoms with van der Waals surface area (Å²) < 4.78 is 0. The van der Waals surface area contributed by atoms with E-state index in [-0.39, 0.29) is 6.04 Å². The highest BCUT2D eigenvalue weighted by atomic mass is 32.1. The Labute approximate surface area is 99.3 Å². The van der Waals surface area contributed by atoms with E-state index in [0.717, 1.165) is 17.9 Å². The largest absolute Gasteiger partial charge is 0.398 e. The number of pyridine rings is 1. The average molecular weight is 233 g/mol. The van der Waals surface area contributed by atoms with Crippen molar-refractivity contribution in [2.24, 2.45) is 0 Å². The van der Waals surface area contributed by atoms with Crippen molar-refractivity contribution in [3.8, 4) is 0 Å².